The third kappa shape index (κ3) is 5.16. The number of allylic oxidation sites excluding steroid dienone is 1. The molecule has 3 aliphatic rings. The lowest BCUT2D eigenvalue weighted by atomic mass is 9.71. The number of nitrogens with zero attached hydrogens (tertiary/aromatic N) is 2. The van der Waals surface area contributed by atoms with Crippen molar-refractivity contribution in [3.8, 4) is 0 Å². The minimum atomic E-state index is -0.844. The van der Waals surface area contributed by atoms with Gasteiger partial charge in [0.25, 0.3) is 5.91 Å². The lowest BCUT2D eigenvalue weighted by Gasteiger charge is -2.39. The maximum atomic E-state index is 14.6. The van der Waals surface area contributed by atoms with Crippen LogP contribution in [0.25, 0.3) is 0 Å². The van der Waals surface area contributed by atoms with E-state index in [1.54, 1.807) is 33.7 Å². The monoisotopic (exact) mass is 574 g/mol. The van der Waals surface area contributed by atoms with Gasteiger partial charge in [-0.15, -0.1) is 24.9 Å². The highest BCUT2D eigenvalue weighted by Gasteiger charge is 2.74. The fraction of sp³-hybridized carbons (Fsp3) is 0.567. The van der Waals surface area contributed by atoms with Gasteiger partial charge in [0.05, 0.1) is 46.5 Å². The van der Waals surface area contributed by atoms with E-state index < -0.39 is 28.7 Å². The molecule has 1 aromatic rings. The number of ether oxygens (including phenoxy) is 1. The molecule has 212 valence electrons. The van der Waals surface area contributed by atoms with Crippen LogP contribution in [-0.2, 0) is 19.1 Å². The van der Waals surface area contributed by atoms with Crippen molar-refractivity contribution in [1.29, 1.82) is 0 Å². The second-order valence-electron chi connectivity index (χ2n) is 10.6. The van der Waals surface area contributed by atoms with Gasteiger partial charge in [-0.1, -0.05) is 42.8 Å². The molecule has 2 amide bonds. The first-order valence-corrected chi connectivity index (χ1v) is 15.1. The van der Waals surface area contributed by atoms with E-state index in [1.165, 1.54) is 0 Å². The molecular weight excluding hydrogens is 536 g/mol. The maximum absolute atomic E-state index is 14.6. The second kappa shape index (κ2) is 12.5. The number of aliphatic hydroxyl groups excluding tert-OH is 1. The SMILES string of the molecule is C=CCCCCOC(=O)[C@@H]1[C@@H]2CCC3(S2)C(C(=O)N(CC=C)c2c(C)cccc2Cl)N([C@@H](CC)CO)C(=O)[C@H]13. The fourth-order valence-corrected chi connectivity index (χ4v) is 9.15. The number of rotatable bonds is 13. The van der Waals surface area contributed by atoms with Gasteiger partial charge >= 0.3 is 5.97 Å². The van der Waals surface area contributed by atoms with Gasteiger partial charge in [-0.3, -0.25) is 14.4 Å². The zero-order valence-electron chi connectivity index (χ0n) is 22.8. The number of amides is 2. The van der Waals surface area contributed by atoms with E-state index in [9.17, 15) is 19.5 Å². The molecule has 3 saturated heterocycles. The summed E-state index contributed by atoms with van der Waals surface area (Å²) in [6.07, 6.45) is 7.80. The van der Waals surface area contributed by atoms with Crippen molar-refractivity contribution in [2.75, 3.05) is 24.7 Å². The molecule has 1 N–H and O–H groups in total. The number of hydrogen-bond donors (Lipinski definition) is 1. The molecule has 39 heavy (non-hydrogen) atoms. The zero-order chi connectivity index (χ0) is 28.3. The van der Waals surface area contributed by atoms with Crippen molar-refractivity contribution in [3.05, 3.63) is 54.1 Å². The fourth-order valence-electron chi connectivity index (χ4n) is 6.64. The number of carbonyl (C=O) groups is 3. The first-order valence-electron chi connectivity index (χ1n) is 13.8. The van der Waals surface area contributed by atoms with Crippen LogP contribution in [0.2, 0.25) is 5.02 Å². The molecule has 3 fully saturated rings. The summed E-state index contributed by atoms with van der Waals surface area (Å²) in [7, 11) is 0. The number of benzene rings is 1. The van der Waals surface area contributed by atoms with Crippen LogP contribution >= 0.6 is 23.4 Å². The van der Waals surface area contributed by atoms with E-state index in [0.29, 0.717) is 30.2 Å². The number of halogens is 1. The first kappa shape index (κ1) is 29.7. The number of hydrogen-bond acceptors (Lipinski definition) is 6. The van der Waals surface area contributed by atoms with E-state index in [2.05, 4.69) is 13.2 Å². The third-order valence-corrected chi connectivity index (χ3v) is 10.7. The molecule has 2 unspecified atom stereocenters. The van der Waals surface area contributed by atoms with Gasteiger partial charge < -0.3 is 19.6 Å². The van der Waals surface area contributed by atoms with Crippen LogP contribution in [0.15, 0.2) is 43.5 Å². The number of para-hydroxylation sites is 1. The van der Waals surface area contributed by atoms with Crippen LogP contribution in [0.5, 0.6) is 0 Å². The topological polar surface area (TPSA) is 87.2 Å². The van der Waals surface area contributed by atoms with Crippen molar-refractivity contribution in [2.45, 2.75) is 74.5 Å². The first-order chi connectivity index (χ1) is 18.8. The van der Waals surface area contributed by atoms with E-state index in [0.717, 1.165) is 31.2 Å². The Labute approximate surface area is 240 Å². The quantitative estimate of drug-likeness (QED) is 0.204. The number of carbonyl (C=O) groups excluding carboxylic acids is 3. The van der Waals surface area contributed by atoms with Crippen LogP contribution < -0.4 is 4.90 Å². The van der Waals surface area contributed by atoms with E-state index >= 15 is 0 Å². The average molecular weight is 575 g/mol. The molecule has 0 aromatic heterocycles. The predicted molar refractivity (Wildman–Crippen MR) is 156 cm³/mol. The molecule has 1 spiro atoms. The highest BCUT2D eigenvalue weighted by Crippen LogP contribution is 2.67. The van der Waals surface area contributed by atoms with Gasteiger partial charge in [0.15, 0.2) is 0 Å². The molecule has 7 nitrogen and oxygen atoms in total. The Bertz CT molecular complexity index is 1100. The molecule has 3 heterocycles. The molecule has 0 aliphatic carbocycles. The second-order valence-corrected chi connectivity index (χ2v) is 12.6. The number of unbranched alkanes of at least 4 members (excludes halogenated alkanes) is 2. The normalized spacial score (nSPS) is 27.8. The summed E-state index contributed by atoms with van der Waals surface area (Å²) in [5, 5.41) is 10.6. The van der Waals surface area contributed by atoms with E-state index in [1.807, 2.05) is 32.1 Å². The van der Waals surface area contributed by atoms with Gasteiger partial charge in [-0.25, -0.2) is 0 Å². The van der Waals surface area contributed by atoms with Gasteiger partial charge in [0.2, 0.25) is 5.91 Å². The van der Waals surface area contributed by atoms with Crippen molar-refractivity contribution in [3.63, 3.8) is 0 Å². The standard InChI is InChI=1S/C30H39ClN2O5S/c1-5-8-9-10-17-38-29(37)23-22-14-15-30(39-22)24(23)27(35)33(20(7-3)18-34)26(30)28(36)32(16-6-2)25-19(4)12-11-13-21(25)31/h5-6,11-13,20,22-24,26,34H,1-2,7-10,14-18H2,3-4H3/t20-,22-,23+,24-,26?,30?/m0/s1. The molecule has 0 radical (unpaired) electrons. The van der Waals surface area contributed by atoms with Crippen LogP contribution in [0, 0.1) is 18.8 Å². The van der Waals surface area contributed by atoms with Crippen LogP contribution in [0.3, 0.4) is 0 Å². The van der Waals surface area contributed by atoms with Crippen LogP contribution in [0.1, 0.15) is 51.0 Å². The molecule has 9 heteroatoms. The Hall–Kier alpha value is -2.29. The van der Waals surface area contributed by atoms with Crippen molar-refractivity contribution in [1.82, 2.24) is 4.90 Å². The minimum Gasteiger partial charge on any atom is -0.465 e. The van der Waals surface area contributed by atoms with Crippen molar-refractivity contribution in [2.24, 2.45) is 11.8 Å². The lowest BCUT2D eigenvalue weighted by Crippen LogP contribution is -2.57. The predicted octanol–water partition coefficient (Wildman–Crippen LogP) is 4.93. The summed E-state index contributed by atoms with van der Waals surface area (Å²) < 4.78 is 4.90. The highest BCUT2D eigenvalue weighted by molar-refractivity contribution is 8.02. The molecule has 4 rings (SSSR count). The number of aliphatic hydroxyl groups is 1. The Kier molecular flexibility index (Phi) is 9.50. The number of aryl methyl sites for hydroxylation is 1. The van der Waals surface area contributed by atoms with Gasteiger partial charge in [-0.2, -0.15) is 0 Å². The molecule has 3 aliphatic heterocycles. The maximum Gasteiger partial charge on any atom is 0.310 e. The van der Waals surface area contributed by atoms with Crippen LogP contribution in [-0.4, -0.2) is 69.6 Å². The molecule has 2 bridgehead atoms. The van der Waals surface area contributed by atoms with Gasteiger partial charge in [0.1, 0.15) is 6.04 Å². The smallest absolute Gasteiger partial charge is 0.310 e. The van der Waals surface area contributed by atoms with Gasteiger partial charge in [0, 0.05) is 11.8 Å². The van der Waals surface area contributed by atoms with E-state index in [-0.39, 0.29) is 36.2 Å². The molecule has 6 atom stereocenters. The Morgan fingerprint density at radius 3 is 2.74 bits per heavy atom. The van der Waals surface area contributed by atoms with Crippen LogP contribution in [0.4, 0.5) is 5.69 Å². The number of anilines is 1. The average Bonchev–Trinajstić information content (AvgIpc) is 3.56. The minimum absolute atomic E-state index is 0.0822. The number of fused-ring (bicyclic) bond motifs is 1. The summed E-state index contributed by atoms with van der Waals surface area (Å²) in [5.74, 6) is -2.15. The Morgan fingerprint density at radius 1 is 1.33 bits per heavy atom. The summed E-state index contributed by atoms with van der Waals surface area (Å²) in [4.78, 5) is 45.4. The number of likely N-dealkylation sites (tertiary alicyclic amines) is 1. The molecule has 0 saturated carbocycles. The molecular formula is C30H39ClN2O5S. The largest absolute Gasteiger partial charge is 0.465 e. The van der Waals surface area contributed by atoms with Crippen molar-refractivity contribution >= 4 is 46.8 Å². The number of esters is 1. The Morgan fingerprint density at radius 2 is 2.10 bits per heavy atom. The lowest BCUT2D eigenvalue weighted by molar-refractivity contribution is -0.154. The highest BCUT2D eigenvalue weighted by atomic mass is 35.5. The number of thioether (sulfide) groups is 1. The van der Waals surface area contributed by atoms with Gasteiger partial charge in [-0.05, 0) is 57.1 Å². The van der Waals surface area contributed by atoms with E-state index in [4.69, 9.17) is 16.3 Å². The molecule has 1 aromatic carbocycles. The zero-order valence-corrected chi connectivity index (χ0v) is 24.4. The summed E-state index contributed by atoms with van der Waals surface area (Å²) >= 11 is 8.20. The third-order valence-electron chi connectivity index (χ3n) is 8.40. The summed E-state index contributed by atoms with van der Waals surface area (Å²) in [5.41, 5.74) is 1.42. The Balaban J connectivity index is 1.73. The summed E-state index contributed by atoms with van der Waals surface area (Å²) in [6, 6.07) is 4.08. The van der Waals surface area contributed by atoms with Crippen molar-refractivity contribution < 1.29 is 24.2 Å². The summed E-state index contributed by atoms with van der Waals surface area (Å²) in [6.45, 7) is 11.6.